The minimum Gasteiger partial charge on any atom is -0.379 e. The SMILES string of the molecule is CC(CC(=O)NC(CN1CCOCC1)c1ccccc1)C1CCCNC1.Cl.Cl. The molecular weight excluding hydrogens is 397 g/mol. The molecule has 0 aliphatic carbocycles. The van der Waals surface area contributed by atoms with Gasteiger partial charge < -0.3 is 15.4 Å². The number of nitrogens with zero attached hydrogens (tertiary/aromatic N) is 1. The van der Waals surface area contributed by atoms with E-state index in [-0.39, 0.29) is 36.8 Å². The summed E-state index contributed by atoms with van der Waals surface area (Å²) in [5.74, 6) is 1.21. The van der Waals surface area contributed by atoms with Crippen molar-refractivity contribution >= 4 is 30.7 Å². The normalized spacial score (nSPS) is 22.2. The number of morpholine rings is 1. The van der Waals surface area contributed by atoms with Gasteiger partial charge in [0.05, 0.1) is 19.3 Å². The molecule has 0 bridgehead atoms. The fourth-order valence-corrected chi connectivity index (χ4v) is 4.04. The molecule has 2 aliphatic rings. The predicted molar refractivity (Wildman–Crippen MR) is 118 cm³/mol. The first-order valence-corrected chi connectivity index (χ1v) is 10.1. The van der Waals surface area contributed by atoms with E-state index in [4.69, 9.17) is 4.74 Å². The summed E-state index contributed by atoms with van der Waals surface area (Å²) < 4.78 is 5.45. The van der Waals surface area contributed by atoms with Gasteiger partial charge in [-0.25, -0.2) is 0 Å². The summed E-state index contributed by atoms with van der Waals surface area (Å²) in [4.78, 5) is 15.1. The zero-order valence-electron chi connectivity index (χ0n) is 16.8. The van der Waals surface area contributed by atoms with Crippen molar-refractivity contribution in [1.29, 1.82) is 0 Å². The molecule has 0 saturated carbocycles. The molecule has 2 aliphatic heterocycles. The lowest BCUT2D eigenvalue weighted by atomic mass is 9.85. The van der Waals surface area contributed by atoms with Crippen molar-refractivity contribution in [3.63, 3.8) is 0 Å². The van der Waals surface area contributed by atoms with Crippen LogP contribution in [0.1, 0.15) is 37.8 Å². The molecule has 1 aromatic carbocycles. The molecule has 3 rings (SSSR count). The summed E-state index contributed by atoms with van der Waals surface area (Å²) in [6.07, 6.45) is 3.07. The van der Waals surface area contributed by atoms with E-state index in [2.05, 4.69) is 34.6 Å². The lowest BCUT2D eigenvalue weighted by molar-refractivity contribution is -0.123. The second kappa shape index (κ2) is 13.4. The zero-order chi connectivity index (χ0) is 18.2. The number of hydrogen-bond acceptors (Lipinski definition) is 4. The number of amides is 1. The maximum absolute atomic E-state index is 12.7. The summed E-state index contributed by atoms with van der Waals surface area (Å²) in [5.41, 5.74) is 1.18. The lowest BCUT2D eigenvalue weighted by Crippen LogP contribution is -2.43. The van der Waals surface area contributed by atoms with E-state index in [0.29, 0.717) is 18.3 Å². The second-order valence-electron chi connectivity index (χ2n) is 7.73. The van der Waals surface area contributed by atoms with Crippen LogP contribution in [0, 0.1) is 11.8 Å². The number of halogens is 2. The Morgan fingerprint density at radius 1 is 1.25 bits per heavy atom. The minimum absolute atomic E-state index is 0. The van der Waals surface area contributed by atoms with Gasteiger partial charge >= 0.3 is 0 Å². The maximum atomic E-state index is 12.7. The highest BCUT2D eigenvalue weighted by molar-refractivity contribution is 5.85. The minimum atomic E-state index is 0. The average Bonchev–Trinajstić information content (AvgIpc) is 2.69. The number of carbonyl (C=O) groups excluding carboxylic acids is 1. The number of carbonyl (C=O) groups is 1. The van der Waals surface area contributed by atoms with Crippen molar-refractivity contribution in [1.82, 2.24) is 15.5 Å². The van der Waals surface area contributed by atoms with Gasteiger partial charge in [0.1, 0.15) is 0 Å². The Morgan fingerprint density at radius 2 is 1.96 bits per heavy atom. The molecule has 3 atom stereocenters. The molecule has 7 heteroatoms. The molecule has 2 N–H and O–H groups in total. The fourth-order valence-electron chi connectivity index (χ4n) is 4.04. The van der Waals surface area contributed by atoms with Crippen LogP contribution in [0.15, 0.2) is 30.3 Å². The molecule has 0 aromatic heterocycles. The first-order chi connectivity index (χ1) is 12.7. The third kappa shape index (κ3) is 7.88. The molecule has 5 nitrogen and oxygen atoms in total. The van der Waals surface area contributed by atoms with Gasteiger partial charge in [-0.05, 0) is 43.3 Å². The number of rotatable bonds is 7. The van der Waals surface area contributed by atoms with Crippen LogP contribution in [0.2, 0.25) is 0 Å². The molecule has 28 heavy (non-hydrogen) atoms. The number of piperidine rings is 1. The van der Waals surface area contributed by atoms with Gasteiger partial charge in [0, 0.05) is 26.1 Å². The quantitative estimate of drug-likeness (QED) is 0.696. The Morgan fingerprint density at radius 3 is 2.61 bits per heavy atom. The van der Waals surface area contributed by atoms with Crippen LogP contribution >= 0.6 is 24.8 Å². The third-order valence-corrected chi connectivity index (χ3v) is 5.73. The molecule has 0 radical (unpaired) electrons. The van der Waals surface area contributed by atoms with Crippen molar-refractivity contribution in [2.45, 2.75) is 32.2 Å². The Kier molecular flexibility index (Phi) is 12.0. The average molecular weight is 432 g/mol. The monoisotopic (exact) mass is 431 g/mol. The topological polar surface area (TPSA) is 53.6 Å². The van der Waals surface area contributed by atoms with Crippen LogP contribution in [0.25, 0.3) is 0 Å². The molecule has 2 fully saturated rings. The van der Waals surface area contributed by atoms with Gasteiger partial charge in [0.2, 0.25) is 5.91 Å². The largest absolute Gasteiger partial charge is 0.379 e. The summed E-state index contributed by atoms with van der Waals surface area (Å²) in [5, 5.41) is 6.77. The van der Waals surface area contributed by atoms with Gasteiger partial charge in [-0.3, -0.25) is 9.69 Å². The zero-order valence-corrected chi connectivity index (χ0v) is 18.4. The Balaban J connectivity index is 0.00000196. The first kappa shape index (κ1) is 25.2. The van der Waals surface area contributed by atoms with Crippen molar-refractivity contribution in [3.8, 4) is 0 Å². The van der Waals surface area contributed by atoms with E-state index in [0.717, 1.165) is 45.9 Å². The number of benzene rings is 1. The number of hydrogen-bond donors (Lipinski definition) is 2. The maximum Gasteiger partial charge on any atom is 0.220 e. The summed E-state index contributed by atoms with van der Waals surface area (Å²) >= 11 is 0. The van der Waals surface area contributed by atoms with Gasteiger partial charge in [-0.1, -0.05) is 37.3 Å². The molecule has 3 unspecified atom stereocenters. The van der Waals surface area contributed by atoms with Crippen LogP contribution in [-0.4, -0.2) is 56.7 Å². The van der Waals surface area contributed by atoms with Gasteiger partial charge in [-0.2, -0.15) is 0 Å². The highest BCUT2D eigenvalue weighted by atomic mass is 35.5. The van der Waals surface area contributed by atoms with Gasteiger partial charge in [-0.15, -0.1) is 24.8 Å². The Hall–Kier alpha value is -0.850. The van der Waals surface area contributed by atoms with E-state index in [1.807, 2.05) is 18.2 Å². The summed E-state index contributed by atoms with van der Waals surface area (Å²) in [7, 11) is 0. The van der Waals surface area contributed by atoms with Crippen molar-refractivity contribution in [2.24, 2.45) is 11.8 Å². The Labute approximate surface area is 181 Å². The molecule has 160 valence electrons. The van der Waals surface area contributed by atoms with Crippen LogP contribution in [-0.2, 0) is 9.53 Å². The molecule has 2 heterocycles. The van der Waals surface area contributed by atoms with Crippen molar-refractivity contribution < 1.29 is 9.53 Å². The summed E-state index contributed by atoms with van der Waals surface area (Å²) in [6, 6.07) is 10.4. The van der Waals surface area contributed by atoms with E-state index >= 15 is 0 Å². The van der Waals surface area contributed by atoms with E-state index in [1.165, 1.54) is 18.4 Å². The molecule has 2 saturated heterocycles. The highest BCUT2D eigenvalue weighted by Crippen LogP contribution is 2.23. The van der Waals surface area contributed by atoms with Gasteiger partial charge in [0.25, 0.3) is 0 Å². The molecule has 1 amide bonds. The van der Waals surface area contributed by atoms with Crippen molar-refractivity contribution in [3.05, 3.63) is 35.9 Å². The highest BCUT2D eigenvalue weighted by Gasteiger charge is 2.24. The van der Waals surface area contributed by atoms with Crippen LogP contribution in [0.4, 0.5) is 0 Å². The van der Waals surface area contributed by atoms with E-state index in [1.54, 1.807) is 0 Å². The molecule has 0 spiro atoms. The first-order valence-electron chi connectivity index (χ1n) is 10.1. The number of nitrogens with one attached hydrogen (secondary N) is 2. The molecule has 1 aromatic rings. The number of ether oxygens (including phenoxy) is 1. The standard InChI is InChI=1S/C21H33N3O2.2ClH/c1-17(19-8-5-9-22-15-19)14-21(25)23-20(18-6-3-2-4-7-18)16-24-10-12-26-13-11-24;;/h2-4,6-7,17,19-20,22H,5,8-16H2,1H3,(H,23,25);2*1H. The van der Waals surface area contributed by atoms with Gasteiger partial charge in [0.15, 0.2) is 0 Å². The predicted octanol–water partition coefficient (Wildman–Crippen LogP) is 3.05. The van der Waals surface area contributed by atoms with Crippen LogP contribution in [0.3, 0.4) is 0 Å². The second-order valence-corrected chi connectivity index (χ2v) is 7.73. The Bertz CT molecular complexity index is 550. The van der Waals surface area contributed by atoms with E-state index < -0.39 is 0 Å². The molecular formula is C21H35Cl2N3O2. The van der Waals surface area contributed by atoms with E-state index in [9.17, 15) is 4.79 Å². The van der Waals surface area contributed by atoms with Crippen molar-refractivity contribution in [2.75, 3.05) is 45.9 Å². The summed E-state index contributed by atoms with van der Waals surface area (Å²) in [6.45, 7) is 8.65. The fraction of sp³-hybridized carbons (Fsp3) is 0.667. The van der Waals surface area contributed by atoms with Crippen LogP contribution in [0.5, 0.6) is 0 Å². The lowest BCUT2D eigenvalue weighted by Gasteiger charge is -2.32. The smallest absolute Gasteiger partial charge is 0.220 e. The van der Waals surface area contributed by atoms with Crippen LogP contribution < -0.4 is 10.6 Å². The third-order valence-electron chi connectivity index (χ3n) is 5.73.